The highest BCUT2D eigenvalue weighted by atomic mass is 32.1. The third kappa shape index (κ3) is 4.75. The minimum absolute atomic E-state index is 0.0143. The molecule has 1 aliphatic rings. The summed E-state index contributed by atoms with van der Waals surface area (Å²) in [5.41, 5.74) is 0.552. The fourth-order valence-corrected chi connectivity index (χ4v) is 3.32. The fourth-order valence-electron chi connectivity index (χ4n) is 2.45. The zero-order valence-corrected chi connectivity index (χ0v) is 14.1. The Kier molecular flexibility index (Phi) is 5.70. The quantitative estimate of drug-likeness (QED) is 0.783. The summed E-state index contributed by atoms with van der Waals surface area (Å²) in [5.74, 6) is -1.18. The van der Waals surface area contributed by atoms with Gasteiger partial charge in [0.2, 0.25) is 11.8 Å². The SMILES string of the molecule is CC(C)C[C@@H](NC(=O)Cc1csc(N2CCCC2=O)n1)C(=O)O. The number of nitrogens with one attached hydrogen (secondary N) is 1. The number of hydrogen-bond acceptors (Lipinski definition) is 5. The van der Waals surface area contributed by atoms with Gasteiger partial charge in [-0.1, -0.05) is 13.8 Å². The van der Waals surface area contributed by atoms with Crippen LogP contribution >= 0.6 is 11.3 Å². The third-order valence-electron chi connectivity index (χ3n) is 3.53. The highest BCUT2D eigenvalue weighted by Gasteiger charge is 2.25. The lowest BCUT2D eigenvalue weighted by Gasteiger charge is -2.16. The minimum Gasteiger partial charge on any atom is -0.480 e. The summed E-state index contributed by atoms with van der Waals surface area (Å²) in [6, 6.07) is -0.888. The van der Waals surface area contributed by atoms with E-state index >= 15 is 0 Å². The van der Waals surface area contributed by atoms with Gasteiger partial charge >= 0.3 is 5.97 Å². The number of carboxylic acids is 1. The summed E-state index contributed by atoms with van der Waals surface area (Å²) in [6.07, 6.45) is 1.75. The van der Waals surface area contributed by atoms with Gasteiger partial charge in [0.25, 0.3) is 0 Å². The summed E-state index contributed by atoms with van der Waals surface area (Å²) in [6.45, 7) is 4.47. The second kappa shape index (κ2) is 7.54. The van der Waals surface area contributed by atoms with Crippen LogP contribution in [-0.2, 0) is 20.8 Å². The van der Waals surface area contributed by atoms with Gasteiger partial charge in [-0.2, -0.15) is 0 Å². The molecule has 0 bridgehead atoms. The third-order valence-corrected chi connectivity index (χ3v) is 4.44. The van der Waals surface area contributed by atoms with Crippen molar-refractivity contribution in [2.75, 3.05) is 11.4 Å². The molecule has 1 saturated heterocycles. The van der Waals surface area contributed by atoms with Crippen molar-refractivity contribution in [3.05, 3.63) is 11.1 Å². The molecular formula is C15H21N3O4S. The number of aliphatic carboxylic acids is 1. The number of nitrogens with zero attached hydrogens (tertiary/aromatic N) is 2. The number of aromatic nitrogens is 1. The van der Waals surface area contributed by atoms with Gasteiger partial charge in [-0.3, -0.25) is 14.5 Å². The molecule has 0 saturated carbocycles. The van der Waals surface area contributed by atoms with Crippen LogP contribution in [-0.4, -0.2) is 40.5 Å². The van der Waals surface area contributed by atoms with Crippen LogP contribution in [0.3, 0.4) is 0 Å². The number of carbonyl (C=O) groups is 3. The molecule has 2 amide bonds. The molecule has 0 aromatic carbocycles. The van der Waals surface area contributed by atoms with Crippen LogP contribution in [0.5, 0.6) is 0 Å². The molecular weight excluding hydrogens is 318 g/mol. The van der Waals surface area contributed by atoms with Crippen molar-refractivity contribution in [3.8, 4) is 0 Å². The topological polar surface area (TPSA) is 99.6 Å². The molecule has 1 aliphatic heterocycles. The lowest BCUT2D eigenvalue weighted by molar-refractivity contribution is -0.142. The number of amides is 2. The second-order valence-electron chi connectivity index (χ2n) is 6.04. The largest absolute Gasteiger partial charge is 0.480 e. The molecule has 7 nitrogen and oxygen atoms in total. The van der Waals surface area contributed by atoms with E-state index in [1.807, 2.05) is 13.8 Å². The molecule has 1 aromatic rings. The summed E-state index contributed by atoms with van der Waals surface area (Å²) < 4.78 is 0. The van der Waals surface area contributed by atoms with Crippen molar-refractivity contribution in [2.45, 2.75) is 45.6 Å². The molecule has 2 rings (SSSR count). The normalized spacial score (nSPS) is 16.0. The Hall–Kier alpha value is -1.96. The van der Waals surface area contributed by atoms with Crippen LogP contribution in [0.2, 0.25) is 0 Å². The Morgan fingerprint density at radius 2 is 2.22 bits per heavy atom. The molecule has 0 radical (unpaired) electrons. The average Bonchev–Trinajstić information content (AvgIpc) is 3.06. The molecule has 126 valence electrons. The van der Waals surface area contributed by atoms with Crippen LogP contribution < -0.4 is 10.2 Å². The molecule has 0 unspecified atom stereocenters. The van der Waals surface area contributed by atoms with Crippen molar-refractivity contribution in [3.63, 3.8) is 0 Å². The maximum atomic E-state index is 12.0. The Morgan fingerprint density at radius 1 is 1.48 bits per heavy atom. The predicted octanol–water partition coefficient (Wildman–Crippen LogP) is 1.43. The molecule has 8 heteroatoms. The number of anilines is 1. The van der Waals surface area contributed by atoms with Crippen LogP contribution in [0, 0.1) is 5.92 Å². The second-order valence-corrected chi connectivity index (χ2v) is 6.87. The monoisotopic (exact) mass is 339 g/mol. The first-order chi connectivity index (χ1) is 10.9. The molecule has 2 heterocycles. The van der Waals surface area contributed by atoms with E-state index in [2.05, 4.69) is 10.3 Å². The number of carbonyl (C=O) groups excluding carboxylic acids is 2. The molecule has 23 heavy (non-hydrogen) atoms. The molecule has 2 N–H and O–H groups in total. The summed E-state index contributed by atoms with van der Waals surface area (Å²) in [5, 5.41) is 14.0. The van der Waals surface area contributed by atoms with Crippen molar-refractivity contribution in [1.29, 1.82) is 0 Å². The van der Waals surface area contributed by atoms with Gasteiger partial charge in [0, 0.05) is 18.3 Å². The van der Waals surface area contributed by atoms with Gasteiger partial charge in [-0.05, 0) is 18.8 Å². The predicted molar refractivity (Wildman–Crippen MR) is 86.4 cm³/mol. The van der Waals surface area contributed by atoms with E-state index in [-0.39, 0.29) is 24.2 Å². The maximum absolute atomic E-state index is 12.0. The number of hydrogen-bond donors (Lipinski definition) is 2. The minimum atomic E-state index is -1.03. The van der Waals surface area contributed by atoms with Gasteiger partial charge in [-0.25, -0.2) is 9.78 Å². The van der Waals surface area contributed by atoms with E-state index < -0.39 is 12.0 Å². The first-order valence-electron chi connectivity index (χ1n) is 7.63. The molecule has 0 aliphatic carbocycles. The zero-order chi connectivity index (χ0) is 17.0. The summed E-state index contributed by atoms with van der Waals surface area (Å²) in [7, 11) is 0. The van der Waals surface area contributed by atoms with Crippen molar-refractivity contribution >= 4 is 34.3 Å². The van der Waals surface area contributed by atoms with Gasteiger partial charge < -0.3 is 10.4 Å². The summed E-state index contributed by atoms with van der Waals surface area (Å²) in [4.78, 5) is 40.8. The van der Waals surface area contributed by atoms with Crippen LogP contribution in [0.4, 0.5) is 5.13 Å². The Morgan fingerprint density at radius 3 is 2.78 bits per heavy atom. The lowest BCUT2D eigenvalue weighted by atomic mass is 10.0. The number of rotatable bonds is 7. The maximum Gasteiger partial charge on any atom is 0.326 e. The van der Waals surface area contributed by atoms with E-state index in [0.717, 1.165) is 6.42 Å². The first kappa shape index (κ1) is 17.4. The molecule has 1 atom stereocenters. The highest BCUT2D eigenvalue weighted by Crippen LogP contribution is 2.25. The van der Waals surface area contributed by atoms with E-state index in [9.17, 15) is 14.4 Å². The summed E-state index contributed by atoms with van der Waals surface area (Å²) >= 11 is 1.33. The van der Waals surface area contributed by atoms with Crippen molar-refractivity contribution in [1.82, 2.24) is 10.3 Å². The van der Waals surface area contributed by atoms with Gasteiger partial charge in [0.15, 0.2) is 5.13 Å². The van der Waals surface area contributed by atoms with Crippen molar-refractivity contribution in [2.24, 2.45) is 5.92 Å². The first-order valence-corrected chi connectivity index (χ1v) is 8.51. The standard InChI is InChI=1S/C15H21N3O4S/c1-9(2)6-11(14(21)22)17-12(19)7-10-8-23-15(16-10)18-5-3-4-13(18)20/h8-9,11H,3-7H2,1-2H3,(H,17,19)(H,21,22)/t11-/m1/s1. The van der Waals surface area contributed by atoms with E-state index in [4.69, 9.17) is 5.11 Å². The zero-order valence-electron chi connectivity index (χ0n) is 13.2. The van der Waals surface area contributed by atoms with Crippen LogP contribution in [0.25, 0.3) is 0 Å². The van der Waals surface area contributed by atoms with Crippen molar-refractivity contribution < 1.29 is 19.5 Å². The van der Waals surface area contributed by atoms with Gasteiger partial charge in [0.1, 0.15) is 6.04 Å². The van der Waals surface area contributed by atoms with E-state index in [0.29, 0.717) is 30.2 Å². The smallest absolute Gasteiger partial charge is 0.326 e. The van der Waals surface area contributed by atoms with Crippen LogP contribution in [0.15, 0.2) is 5.38 Å². The highest BCUT2D eigenvalue weighted by molar-refractivity contribution is 7.14. The Bertz CT molecular complexity index is 599. The average molecular weight is 339 g/mol. The Balaban J connectivity index is 1.93. The van der Waals surface area contributed by atoms with E-state index in [1.165, 1.54) is 11.3 Å². The van der Waals surface area contributed by atoms with E-state index in [1.54, 1.807) is 10.3 Å². The lowest BCUT2D eigenvalue weighted by Crippen LogP contribution is -2.42. The van der Waals surface area contributed by atoms with Gasteiger partial charge in [-0.15, -0.1) is 11.3 Å². The number of carboxylic acid groups (broad SMARTS) is 1. The van der Waals surface area contributed by atoms with Gasteiger partial charge in [0.05, 0.1) is 12.1 Å². The number of thiazole rings is 1. The fraction of sp³-hybridized carbons (Fsp3) is 0.600. The van der Waals surface area contributed by atoms with Crippen LogP contribution in [0.1, 0.15) is 38.8 Å². The Labute approximate surface area is 138 Å². The molecule has 1 aromatic heterocycles. The molecule has 0 spiro atoms. The molecule has 1 fully saturated rings.